The number of carbonyl (C=O) groups is 1. The molecule has 2 aliphatic heterocycles. The Morgan fingerprint density at radius 1 is 1.11 bits per heavy atom. The van der Waals surface area contributed by atoms with Gasteiger partial charge in [-0.05, 0) is 56.2 Å². The molecule has 1 saturated heterocycles. The van der Waals surface area contributed by atoms with Crippen molar-refractivity contribution in [3.05, 3.63) is 42.2 Å². The number of anilines is 1. The minimum atomic E-state index is -4.46. The predicted molar refractivity (Wildman–Crippen MR) is 137 cm³/mol. The number of likely N-dealkylation sites (tertiary alicyclic amines) is 1. The lowest BCUT2D eigenvalue weighted by Crippen LogP contribution is -2.63. The van der Waals surface area contributed by atoms with Crippen molar-refractivity contribution < 1.29 is 22.7 Å². The highest BCUT2D eigenvalue weighted by atomic mass is 19.4. The first-order valence-electron chi connectivity index (χ1n) is 13.2. The molecule has 7 nitrogen and oxygen atoms in total. The molecule has 2 fully saturated rings. The van der Waals surface area contributed by atoms with Crippen molar-refractivity contribution in [2.24, 2.45) is 5.92 Å². The molecule has 1 amide bonds. The maximum Gasteiger partial charge on any atom is 0.416 e. The molecule has 0 spiro atoms. The third-order valence-corrected chi connectivity index (χ3v) is 7.38. The number of amides is 1. The molecular weight excluding hydrogens is 483 g/mol. The predicted octanol–water partition coefficient (Wildman–Crippen LogP) is 4.79. The number of halogens is 3. The number of aromatic nitrogens is 2. The number of alkyl halides is 3. The molecule has 1 aliphatic carbocycles. The fourth-order valence-electron chi connectivity index (χ4n) is 5.43. The highest BCUT2D eigenvalue weighted by Gasteiger charge is 2.37. The van der Waals surface area contributed by atoms with Crippen LogP contribution in [0.15, 0.2) is 36.7 Å². The van der Waals surface area contributed by atoms with Crippen LogP contribution in [0.4, 0.5) is 19.0 Å². The number of benzene rings is 1. The van der Waals surface area contributed by atoms with Crippen LogP contribution in [0.2, 0.25) is 0 Å². The van der Waals surface area contributed by atoms with Gasteiger partial charge in [0, 0.05) is 24.5 Å². The molecule has 2 aromatic rings. The third-order valence-electron chi connectivity index (χ3n) is 7.38. The summed E-state index contributed by atoms with van der Waals surface area (Å²) in [5.41, 5.74) is -0.397. The number of rotatable bonds is 6. The minimum Gasteiger partial charge on any atom is -0.374 e. The summed E-state index contributed by atoms with van der Waals surface area (Å²) in [7, 11) is 0. The van der Waals surface area contributed by atoms with E-state index in [0.29, 0.717) is 23.6 Å². The zero-order valence-electron chi connectivity index (χ0n) is 21.4. The molecule has 0 bridgehead atoms. The van der Waals surface area contributed by atoms with Crippen LogP contribution < -0.4 is 10.6 Å². The second-order valence-electron chi connectivity index (χ2n) is 9.67. The number of hydrogen-bond donors (Lipinski definition) is 2. The molecule has 10 heteroatoms. The molecule has 1 atom stereocenters. The Labute approximate surface area is 215 Å². The van der Waals surface area contributed by atoms with Gasteiger partial charge >= 0.3 is 6.18 Å². The summed E-state index contributed by atoms with van der Waals surface area (Å²) in [5, 5.41) is 6.11. The van der Waals surface area contributed by atoms with E-state index in [0.717, 1.165) is 51.1 Å². The number of fused-ring (bicyclic) bond motifs is 1. The van der Waals surface area contributed by atoms with E-state index in [1.807, 2.05) is 13.8 Å². The van der Waals surface area contributed by atoms with Crippen molar-refractivity contribution in [1.29, 1.82) is 0 Å². The first-order chi connectivity index (χ1) is 17.9. The standard InChI is InChI=1S/C25H30F3N5O2.C2H6/c26-25(27,28)17-6-9-21-20(11-17)24(31-15-30-21)29-12-23(34)32-18-13-33(14-18)19-7-4-16(5-8-19)22-3-1-2-10-35-22;1-2/h1-2,6,9,11,15-16,18-19,22H,3-5,7-8,10,12-14H2,(H,32,34)(H,29,30,31);1-2H3. The summed E-state index contributed by atoms with van der Waals surface area (Å²) in [5.74, 6) is 0.643. The molecule has 3 heterocycles. The fraction of sp³-hybridized carbons (Fsp3) is 0.593. The van der Waals surface area contributed by atoms with E-state index >= 15 is 0 Å². The lowest BCUT2D eigenvalue weighted by Gasteiger charge is -2.47. The van der Waals surface area contributed by atoms with Gasteiger partial charge in [-0.1, -0.05) is 26.0 Å². The number of carbonyl (C=O) groups excluding carboxylic acids is 1. The van der Waals surface area contributed by atoms with E-state index in [1.54, 1.807) is 0 Å². The summed E-state index contributed by atoms with van der Waals surface area (Å²) in [6, 6.07) is 3.95. The van der Waals surface area contributed by atoms with Crippen LogP contribution in [0.25, 0.3) is 10.9 Å². The summed E-state index contributed by atoms with van der Waals surface area (Å²) in [6.45, 7) is 6.32. The second kappa shape index (κ2) is 12.2. The van der Waals surface area contributed by atoms with Gasteiger partial charge in [0.2, 0.25) is 5.91 Å². The SMILES string of the molecule is CC.O=C(CNc1ncnc2ccc(C(F)(F)F)cc12)NC1CN(C2CCC(C3CC=CCO3)CC2)C1. The van der Waals surface area contributed by atoms with E-state index in [-0.39, 0.29) is 29.7 Å². The number of ether oxygens (including phenoxy) is 1. The van der Waals surface area contributed by atoms with Crippen molar-refractivity contribution in [1.82, 2.24) is 20.2 Å². The highest BCUT2D eigenvalue weighted by Crippen LogP contribution is 2.35. The van der Waals surface area contributed by atoms with Crippen molar-refractivity contribution in [3.63, 3.8) is 0 Å². The molecule has 1 aromatic carbocycles. The van der Waals surface area contributed by atoms with Gasteiger partial charge in [0.05, 0.1) is 36.4 Å². The van der Waals surface area contributed by atoms with E-state index in [1.165, 1.54) is 25.2 Å². The summed E-state index contributed by atoms with van der Waals surface area (Å²) in [4.78, 5) is 22.9. The van der Waals surface area contributed by atoms with Crippen LogP contribution in [-0.2, 0) is 15.7 Å². The lowest BCUT2D eigenvalue weighted by atomic mass is 9.80. The van der Waals surface area contributed by atoms with Crippen LogP contribution in [-0.4, -0.2) is 65.2 Å². The first-order valence-corrected chi connectivity index (χ1v) is 13.2. The van der Waals surface area contributed by atoms with Crippen molar-refractivity contribution in [2.45, 2.75) is 70.3 Å². The smallest absolute Gasteiger partial charge is 0.374 e. The molecule has 3 aliphatic rings. The number of hydrogen-bond acceptors (Lipinski definition) is 6. The number of nitrogens with one attached hydrogen (secondary N) is 2. The molecule has 202 valence electrons. The van der Waals surface area contributed by atoms with E-state index in [4.69, 9.17) is 4.74 Å². The lowest BCUT2D eigenvalue weighted by molar-refractivity contribution is -0.137. The monoisotopic (exact) mass is 519 g/mol. The van der Waals surface area contributed by atoms with Gasteiger partial charge < -0.3 is 15.4 Å². The largest absolute Gasteiger partial charge is 0.416 e. The molecular formula is C27H36F3N5O2. The van der Waals surface area contributed by atoms with Crippen LogP contribution in [0.3, 0.4) is 0 Å². The molecule has 5 rings (SSSR count). The Kier molecular flexibility index (Phi) is 9.02. The Morgan fingerprint density at radius 2 is 1.86 bits per heavy atom. The normalized spacial score (nSPS) is 24.6. The van der Waals surface area contributed by atoms with Gasteiger partial charge in [-0.3, -0.25) is 9.69 Å². The zero-order chi connectivity index (χ0) is 26.4. The summed E-state index contributed by atoms with van der Waals surface area (Å²) in [6.07, 6.45) is 7.21. The first kappa shape index (κ1) is 27.3. The summed E-state index contributed by atoms with van der Waals surface area (Å²) < 4.78 is 45.2. The summed E-state index contributed by atoms with van der Waals surface area (Å²) >= 11 is 0. The van der Waals surface area contributed by atoms with Gasteiger partial charge in [-0.2, -0.15) is 13.2 Å². The maximum absolute atomic E-state index is 13.1. The fourth-order valence-corrected chi connectivity index (χ4v) is 5.43. The van der Waals surface area contributed by atoms with Crippen LogP contribution >= 0.6 is 0 Å². The molecule has 0 radical (unpaired) electrons. The van der Waals surface area contributed by atoms with E-state index in [9.17, 15) is 18.0 Å². The van der Waals surface area contributed by atoms with Crippen molar-refractivity contribution in [2.75, 3.05) is 31.6 Å². The van der Waals surface area contributed by atoms with Crippen molar-refractivity contribution >= 4 is 22.6 Å². The average Bonchev–Trinajstić information content (AvgIpc) is 2.90. The Morgan fingerprint density at radius 3 is 2.54 bits per heavy atom. The molecule has 37 heavy (non-hydrogen) atoms. The topological polar surface area (TPSA) is 79.4 Å². The maximum atomic E-state index is 13.1. The number of nitrogens with zero attached hydrogens (tertiary/aromatic N) is 3. The van der Waals surface area contributed by atoms with E-state index in [2.05, 4.69) is 37.7 Å². The minimum absolute atomic E-state index is 0.0696. The molecule has 1 saturated carbocycles. The highest BCUT2D eigenvalue weighted by molar-refractivity contribution is 5.91. The molecule has 1 aromatic heterocycles. The Bertz CT molecular complexity index is 1080. The van der Waals surface area contributed by atoms with Gasteiger partial charge in [-0.25, -0.2) is 9.97 Å². The zero-order valence-corrected chi connectivity index (χ0v) is 21.4. The van der Waals surface area contributed by atoms with Gasteiger partial charge in [0.15, 0.2) is 0 Å². The quantitative estimate of drug-likeness (QED) is 0.535. The van der Waals surface area contributed by atoms with Crippen LogP contribution in [0.5, 0.6) is 0 Å². The Balaban J connectivity index is 0.00000156. The van der Waals surface area contributed by atoms with E-state index < -0.39 is 11.7 Å². The second-order valence-corrected chi connectivity index (χ2v) is 9.67. The van der Waals surface area contributed by atoms with Gasteiger partial charge in [-0.15, -0.1) is 0 Å². The molecule has 2 N–H and O–H groups in total. The third kappa shape index (κ3) is 6.78. The Hall–Kier alpha value is -2.72. The van der Waals surface area contributed by atoms with Crippen molar-refractivity contribution in [3.8, 4) is 0 Å². The molecule has 1 unspecified atom stereocenters. The van der Waals surface area contributed by atoms with Gasteiger partial charge in [0.1, 0.15) is 12.1 Å². The van der Waals surface area contributed by atoms with Crippen LogP contribution in [0.1, 0.15) is 51.5 Å². The average molecular weight is 520 g/mol. The van der Waals surface area contributed by atoms with Gasteiger partial charge in [0.25, 0.3) is 0 Å². The van der Waals surface area contributed by atoms with Crippen LogP contribution in [0, 0.1) is 5.92 Å².